The highest BCUT2D eigenvalue weighted by Crippen LogP contribution is 2.24. The van der Waals surface area contributed by atoms with Crippen molar-refractivity contribution >= 4 is 0 Å². The largest absolute Gasteiger partial charge is 0.396 e. The van der Waals surface area contributed by atoms with E-state index in [-0.39, 0.29) is 13.2 Å². The monoisotopic (exact) mass is 396 g/mol. The van der Waals surface area contributed by atoms with Crippen LogP contribution in [0, 0.1) is 23.7 Å². The molecule has 0 saturated carbocycles. The van der Waals surface area contributed by atoms with Crippen LogP contribution in [0.5, 0.6) is 0 Å². The third kappa shape index (κ3) is 8.53. The summed E-state index contributed by atoms with van der Waals surface area (Å²) in [5.41, 5.74) is 0. The molecule has 1 fully saturated rings. The van der Waals surface area contributed by atoms with E-state index in [9.17, 15) is 20.4 Å². The zero-order valence-corrected chi connectivity index (χ0v) is 15.5. The molecule has 8 nitrogen and oxygen atoms in total. The Bertz CT molecular complexity index is 607. The third-order valence-electron chi connectivity index (χ3n) is 3.96. The van der Waals surface area contributed by atoms with Crippen molar-refractivity contribution in [2.75, 3.05) is 19.8 Å². The van der Waals surface area contributed by atoms with E-state index in [0.717, 1.165) is 0 Å². The molecule has 1 saturated heterocycles. The van der Waals surface area contributed by atoms with Crippen molar-refractivity contribution in [3.05, 3.63) is 24.3 Å². The fourth-order valence-corrected chi connectivity index (χ4v) is 2.44. The van der Waals surface area contributed by atoms with Gasteiger partial charge in [-0.2, -0.15) is 0 Å². The lowest BCUT2D eigenvalue weighted by Crippen LogP contribution is -2.59. The zero-order valence-electron chi connectivity index (χ0n) is 15.5. The van der Waals surface area contributed by atoms with Crippen LogP contribution in [0.15, 0.2) is 24.3 Å². The maximum atomic E-state index is 10.1. The van der Waals surface area contributed by atoms with Gasteiger partial charge in [0, 0.05) is 6.61 Å². The fraction of sp³-hybridized carbons (Fsp3) is 0.600. The molecule has 1 aliphatic heterocycles. The summed E-state index contributed by atoms with van der Waals surface area (Å²) in [6.45, 7) is -0.593. The minimum absolute atomic E-state index is 0.0350. The topological polar surface area (TPSA) is 140 Å². The molecule has 0 bridgehead atoms. The number of rotatable bonds is 9. The lowest BCUT2D eigenvalue weighted by atomic mass is 9.99. The Morgan fingerprint density at radius 3 is 2.29 bits per heavy atom. The molecule has 0 aromatic rings. The molecular formula is C20H28O8. The molecule has 1 heterocycles. The van der Waals surface area contributed by atoms with Crippen LogP contribution in [-0.2, 0) is 9.47 Å². The number of allylic oxidation sites excluding steroid dienone is 2. The number of aliphatic hydroxyl groups excluding tert-OH is 6. The summed E-state index contributed by atoms with van der Waals surface area (Å²) in [7, 11) is 0. The molecule has 6 atom stereocenters. The van der Waals surface area contributed by atoms with Gasteiger partial charge in [0.05, 0.1) is 19.3 Å². The van der Waals surface area contributed by atoms with Gasteiger partial charge in [0.25, 0.3) is 0 Å². The molecule has 28 heavy (non-hydrogen) atoms. The Hall–Kier alpha value is -1.72. The van der Waals surface area contributed by atoms with Gasteiger partial charge in [0.15, 0.2) is 6.29 Å². The molecule has 6 N–H and O–H groups in total. The highest BCUT2D eigenvalue weighted by Gasteiger charge is 2.44. The van der Waals surface area contributed by atoms with Gasteiger partial charge < -0.3 is 40.1 Å². The van der Waals surface area contributed by atoms with Crippen LogP contribution in [0.25, 0.3) is 0 Å². The van der Waals surface area contributed by atoms with E-state index in [0.29, 0.717) is 19.3 Å². The summed E-state index contributed by atoms with van der Waals surface area (Å²) in [6, 6.07) is 0. The standard InChI is InChI=1S/C20H28O8/c21-12-8-5-3-1-2-4-6-10-15(11-7-9-13-22)27-20-19(26)18(25)17(24)16(14-23)28-20/h5-6,8,10,15-26H,7,9,11-14H2. The van der Waals surface area contributed by atoms with Gasteiger partial charge in [-0.15, -0.1) is 0 Å². The first-order valence-electron chi connectivity index (χ1n) is 9.05. The second-order valence-electron chi connectivity index (χ2n) is 6.07. The van der Waals surface area contributed by atoms with Gasteiger partial charge in [-0.05, 0) is 49.3 Å². The summed E-state index contributed by atoms with van der Waals surface area (Å²) in [6.07, 6.45) is 0.558. The third-order valence-corrected chi connectivity index (χ3v) is 3.96. The van der Waals surface area contributed by atoms with Gasteiger partial charge >= 0.3 is 0 Å². The predicted octanol–water partition coefficient (Wildman–Crippen LogP) is -1.55. The van der Waals surface area contributed by atoms with Crippen molar-refractivity contribution in [3.8, 4) is 23.7 Å². The first kappa shape index (κ1) is 24.3. The number of ether oxygens (including phenoxy) is 2. The Morgan fingerprint density at radius 1 is 0.929 bits per heavy atom. The smallest absolute Gasteiger partial charge is 0.187 e. The minimum Gasteiger partial charge on any atom is -0.396 e. The Morgan fingerprint density at radius 2 is 1.64 bits per heavy atom. The van der Waals surface area contributed by atoms with Crippen LogP contribution in [0.4, 0.5) is 0 Å². The summed E-state index contributed by atoms with van der Waals surface area (Å²) in [4.78, 5) is 0. The van der Waals surface area contributed by atoms with E-state index in [4.69, 9.17) is 19.7 Å². The molecule has 1 aliphatic rings. The summed E-state index contributed by atoms with van der Waals surface area (Å²) < 4.78 is 11.0. The van der Waals surface area contributed by atoms with Crippen LogP contribution in [-0.4, -0.2) is 87.3 Å². The van der Waals surface area contributed by atoms with E-state index in [2.05, 4.69) is 23.7 Å². The summed E-state index contributed by atoms with van der Waals surface area (Å²) >= 11 is 0. The van der Waals surface area contributed by atoms with Crippen molar-refractivity contribution in [1.29, 1.82) is 0 Å². The van der Waals surface area contributed by atoms with Crippen molar-refractivity contribution in [2.45, 2.75) is 56.1 Å². The van der Waals surface area contributed by atoms with Crippen LogP contribution in [0.3, 0.4) is 0 Å². The van der Waals surface area contributed by atoms with E-state index < -0.39 is 43.4 Å². The lowest BCUT2D eigenvalue weighted by Gasteiger charge is -2.40. The van der Waals surface area contributed by atoms with Crippen molar-refractivity contribution in [1.82, 2.24) is 0 Å². The normalized spacial score (nSPS) is 28.6. The molecule has 0 aromatic heterocycles. The Balaban J connectivity index is 2.74. The van der Waals surface area contributed by atoms with E-state index in [1.54, 1.807) is 6.08 Å². The van der Waals surface area contributed by atoms with Crippen LogP contribution < -0.4 is 0 Å². The quantitative estimate of drug-likeness (QED) is 0.203. The number of aliphatic hydroxyl groups is 6. The fourth-order valence-electron chi connectivity index (χ4n) is 2.44. The lowest BCUT2D eigenvalue weighted by molar-refractivity contribution is -0.307. The number of unbranched alkanes of at least 4 members (excludes halogenated alkanes) is 1. The van der Waals surface area contributed by atoms with E-state index in [1.165, 1.54) is 18.2 Å². The molecule has 0 aliphatic carbocycles. The Labute approximate surface area is 164 Å². The molecule has 0 aromatic carbocycles. The highest BCUT2D eigenvalue weighted by atomic mass is 16.7. The predicted molar refractivity (Wildman–Crippen MR) is 100 cm³/mol. The average Bonchev–Trinajstić information content (AvgIpc) is 2.70. The van der Waals surface area contributed by atoms with Gasteiger partial charge in [-0.1, -0.05) is 17.9 Å². The first-order valence-corrected chi connectivity index (χ1v) is 9.05. The van der Waals surface area contributed by atoms with Crippen LogP contribution in [0.1, 0.15) is 19.3 Å². The summed E-state index contributed by atoms with van der Waals surface area (Å²) in [5, 5.41) is 56.5. The van der Waals surface area contributed by atoms with Crippen LogP contribution in [0.2, 0.25) is 0 Å². The van der Waals surface area contributed by atoms with Crippen molar-refractivity contribution in [2.24, 2.45) is 0 Å². The highest BCUT2D eigenvalue weighted by molar-refractivity contribution is 5.34. The maximum Gasteiger partial charge on any atom is 0.187 e. The molecular weight excluding hydrogens is 368 g/mol. The first-order chi connectivity index (χ1) is 13.5. The van der Waals surface area contributed by atoms with Gasteiger partial charge in [0.2, 0.25) is 0 Å². The van der Waals surface area contributed by atoms with Gasteiger partial charge in [-0.25, -0.2) is 0 Å². The minimum atomic E-state index is -1.51. The molecule has 1 rings (SSSR count). The number of hydrogen-bond acceptors (Lipinski definition) is 8. The summed E-state index contributed by atoms with van der Waals surface area (Å²) in [5.74, 6) is 10.5. The average molecular weight is 396 g/mol. The van der Waals surface area contributed by atoms with E-state index >= 15 is 0 Å². The van der Waals surface area contributed by atoms with Crippen LogP contribution >= 0.6 is 0 Å². The van der Waals surface area contributed by atoms with E-state index in [1.807, 2.05) is 0 Å². The van der Waals surface area contributed by atoms with Crippen molar-refractivity contribution in [3.63, 3.8) is 0 Å². The zero-order chi connectivity index (χ0) is 20.8. The Kier molecular flexibility index (Phi) is 12.4. The SMILES string of the molecule is OCC=CC#CC#CC=CC(CCCCO)OC1OC(CO)C(O)C(O)C1O. The molecule has 0 spiro atoms. The van der Waals surface area contributed by atoms with Crippen molar-refractivity contribution < 1.29 is 40.1 Å². The number of hydrogen-bond donors (Lipinski definition) is 6. The second-order valence-corrected chi connectivity index (χ2v) is 6.07. The maximum absolute atomic E-state index is 10.1. The second kappa shape index (κ2) is 14.3. The molecule has 8 heteroatoms. The molecule has 0 radical (unpaired) electrons. The molecule has 6 unspecified atom stereocenters. The molecule has 156 valence electrons. The van der Waals surface area contributed by atoms with Gasteiger partial charge in [-0.3, -0.25) is 0 Å². The molecule has 0 amide bonds. The van der Waals surface area contributed by atoms with Gasteiger partial charge in [0.1, 0.15) is 24.4 Å².